The van der Waals surface area contributed by atoms with Gasteiger partial charge < -0.3 is 4.90 Å². The number of rotatable bonds is 4. The molecule has 0 N–H and O–H groups in total. The van der Waals surface area contributed by atoms with E-state index in [0.29, 0.717) is 11.7 Å². The summed E-state index contributed by atoms with van der Waals surface area (Å²) < 4.78 is 3.56. The maximum absolute atomic E-state index is 12.6. The van der Waals surface area contributed by atoms with Gasteiger partial charge in [0.2, 0.25) is 5.91 Å². The first kappa shape index (κ1) is 16.5. The molecule has 0 radical (unpaired) electrons. The Bertz CT molecular complexity index is 876. The van der Waals surface area contributed by atoms with Gasteiger partial charge in [-0.1, -0.05) is 30.3 Å². The van der Waals surface area contributed by atoms with Crippen molar-refractivity contribution in [2.45, 2.75) is 25.3 Å². The van der Waals surface area contributed by atoms with Crippen LogP contribution in [0.15, 0.2) is 48.9 Å². The van der Waals surface area contributed by atoms with Crippen LogP contribution in [0.25, 0.3) is 11.4 Å². The van der Waals surface area contributed by atoms with Gasteiger partial charge in [0.05, 0.1) is 0 Å². The Morgan fingerprint density at radius 2 is 1.92 bits per heavy atom. The standard InChI is InChI=1S/C19H22N6O/c1-23-17(7-10-21-23)15-8-11-24(12-9-15)18(26)13-25-14-20-19(22-25)16-5-3-2-4-6-16/h2-7,10,14-15H,8-9,11-13H2,1H3. The highest BCUT2D eigenvalue weighted by atomic mass is 16.2. The van der Waals surface area contributed by atoms with Crippen molar-refractivity contribution in [3.05, 3.63) is 54.6 Å². The lowest BCUT2D eigenvalue weighted by molar-refractivity contribution is -0.133. The molecule has 134 valence electrons. The lowest BCUT2D eigenvalue weighted by Crippen LogP contribution is -2.40. The van der Waals surface area contributed by atoms with Crippen molar-refractivity contribution in [2.75, 3.05) is 13.1 Å². The predicted octanol–water partition coefficient (Wildman–Crippen LogP) is 2.08. The van der Waals surface area contributed by atoms with E-state index in [1.54, 1.807) is 11.0 Å². The number of carbonyl (C=O) groups excluding carboxylic acids is 1. The first-order chi connectivity index (χ1) is 12.7. The maximum atomic E-state index is 12.6. The van der Waals surface area contributed by atoms with Crippen LogP contribution in [0.4, 0.5) is 0 Å². The zero-order valence-electron chi connectivity index (χ0n) is 14.8. The molecule has 0 saturated carbocycles. The van der Waals surface area contributed by atoms with E-state index in [9.17, 15) is 4.79 Å². The molecule has 1 aliphatic rings. The van der Waals surface area contributed by atoms with Gasteiger partial charge in [0.15, 0.2) is 5.82 Å². The van der Waals surface area contributed by atoms with E-state index in [1.165, 1.54) is 5.69 Å². The second-order valence-electron chi connectivity index (χ2n) is 6.67. The largest absolute Gasteiger partial charge is 0.341 e. The number of hydrogen-bond acceptors (Lipinski definition) is 4. The Labute approximate surface area is 152 Å². The normalized spacial score (nSPS) is 15.3. The Morgan fingerprint density at radius 3 is 2.62 bits per heavy atom. The minimum atomic E-state index is 0.0953. The third kappa shape index (κ3) is 3.37. The van der Waals surface area contributed by atoms with E-state index in [-0.39, 0.29) is 12.5 Å². The van der Waals surface area contributed by atoms with Crippen LogP contribution in [0.3, 0.4) is 0 Å². The molecule has 7 heteroatoms. The van der Waals surface area contributed by atoms with Crippen molar-refractivity contribution >= 4 is 5.91 Å². The van der Waals surface area contributed by atoms with Crippen LogP contribution in [0, 0.1) is 0 Å². The van der Waals surface area contributed by atoms with Gasteiger partial charge in [-0.05, 0) is 18.9 Å². The van der Waals surface area contributed by atoms with Crippen LogP contribution in [-0.2, 0) is 18.4 Å². The number of amides is 1. The fourth-order valence-electron chi connectivity index (χ4n) is 3.54. The summed E-state index contributed by atoms with van der Waals surface area (Å²) >= 11 is 0. The lowest BCUT2D eigenvalue weighted by Gasteiger charge is -2.32. The monoisotopic (exact) mass is 350 g/mol. The first-order valence-corrected chi connectivity index (χ1v) is 8.91. The molecule has 1 aliphatic heterocycles. The van der Waals surface area contributed by atoms with Crippen molar-refractivity contribution in [3.63, 3.8) is 0 Å². The van der Waals surface area contributed by atoms with Crippen molar-refractivity contribution < 1.29 is 4.79 Å². The number of nitrogens with zero attached hydrogens (tertiary/aromatic N) is 6. The molecule has 1 aromatic carbocycles. The van der Waals surface area contributed by atoms with Gasteiger partial charge in [-0.25, -0.2) is 9.67 Å². The third-order valence-electron chi connectivity index (χ3n) is 4.99. The van der Waals surface area contributed by atoms with Crippen LogP contribution in [0.2, 0.25) is 0 Å². The average molecular weight is 350 g/mol. The molecule has 1 amide bonds. The zero-order valence-corrected chi connectivity index (χ0v) is 14.8. The number of hydrogen-bond donors (Lipinski definition) is 0. The van der Waals surface area contributed by atoms with Gasteiger partial charge in [0.1, 0.15) is 12.9 Å². The summed E-state index contributed by atoms with van der Waals surface area (Å²) in [6, 6.07) is 11.9. The summed E-state index contributed by atoms with van der Waals surface area (Å²) in [6.45, 7) is 1.78. The van der Waals surface area contributed by atoms with Crippen molar-refractivity contribution in [3.8, 4) is 11.4 Å². The van der Waals surface area contributed by atoms with E-state index < -0.39 is 0 Å². The highest BCUT2D eigenvalue weighted by Gasteiger charge is 2.25. The summed E-state index contributed by atoms with van der Waals surface area (Å²) in [5, 5.41) is 8.68. The quantitative estimate of drug-likeness (QED) is 0.722. The number of piperidine rings is 1. The topological polar surface area (TPSA) is 68.8 Å². The van der Waals surface area contributed by atoms with Gasteiger partial charge in [-0.3, -0.25) is 9.48 Å². The lowest BCUT2D eigenvalue weighted by atomic mass is 9.93. The van der Waals surface area contributed by atoms with E-state index in [4.69, 9.17) is 0 Å². The highest BCUT2D eigenvalue weighted by molar-refractivity contribution is 5.76. The van der Waals surface area contributed by atoms with E-state index >= 15 is 0 Å². The average Bonchev–Trinajstić information content (AvgIpc) is 3.32. The second-order valence-corrected chi connectivity index (χ2v) is 6.67. The highest BCUT2D eigenvalue weighted by Crippen LogP contribution is 2.27. The van der Waals surface area contributed by atoms with Gasteiger partial charge >= 0.3 is 0 Å². The smallest absolute Gasteiger partial charge is 0.244 e. The zero-order chi connectivity index (χ0) is 17.9. The SMILES string of the molecule is Cn1nccc1C1CCN(C(=O)Cn2cnc(-c3ccccc3)n2)CC1. The number of carbonyl (C=O) groups is 1. The first-order valence-electron chi connectivity index (χ1n) is 8.91. The van der Waals surface area contributed by atoms with Crippen molar-refractivity contribution in [1.29, 1.82) is 0 Å². The summed E-state index contributed by atoms with van der Waals surface area (Å²) in [6.07, 6.45) is 5.40. The van der Waals surface area contributed by atoms with Gasteiger partial charge in [-0.15, -0.1) is 0 Å². The minimum Gasteiger partial charge on any atom is -0.341 e. The molecule has 3 aromatic rings. The molecule has 4 rings (SSSR count). The summed E-state index contributed by atoms with van der Waals surface area (Å²) in [5.74, 6) is 1.22. The molecule has 1 fully saturated rings. The summed E-state index contributed by atoms with van der Waals surface area (Å²) in [7, 11) is 1.97. The Morgan fingerprint density at radius 1 is 1.15 bits per heavy atom. The summed E-state index contributed by atoms with van der Waals surface area (Å²) in [4.78, 5) is 18.8. The molecular weight excluding hydrogens is 328 g/mol. The Kier molecular flexibility index (Phi) is 4.51. The second kappa shape index (κ2) is 7.11. The molecule has 26 heavy (non-hydrogen) atoms. The molecule has 2 aromatic heterocycles. The van der Waals surface area contributed by atoms with E-state index in [1.807, 2.05) is 53.2 Å². The predicted molar refractivity (Wildman–Crippen MR) is 97.2 cm³/mol. The molecule has 0 atom stereocenters. The van der Waals surface area contributed by atoms with E-state index in [0.717, 1.165) is 31.5 Å². The van der Waals surface area contributed by atoms with Crippen LogP contribution >= 0.6 is 0 Å². The molecule has 0 bridgehead atoms. The number of aromatic nitrogens is 5. The van der Waals surface area contributed by atoms with E-state index in [2.05, 4.69) is 21.2 Å². The number of benzene rings is 1. The van der Waals surface area contributed by atoms with Crippen LogP contribution in [0.1, 0.15) is 24.5 Å². The van der Waals surface area contributed by atoms with Crippen molar-refractivity contribution in [2.24, 2.45) is 7.05 Å². The molecule has 0 spiro atoms. The molecule has 7 nitrogen and oxygen atoms in total. The van der Waals surface area contributed by atoms with Crippen LogP contribution in [0.5, 0.6) is 0 Å². The fraction of sp³-hybridized carbons (Fsp3) is 0.368. The van der Waals surface area contributed by atoms with Gasteiger partial charge in [0.25, 0.3) is 0 Å². The Hall–Kier alpha value is -2.96. The van der Waals surface area contributed by atoms with Crippen LogP contribution in [-0.4, -0.2) is 48.4 Å². The molecule has 1 saturated heterocycles. The fourth-order valence-corrected chi connectivity index (χ4v) is 3.54. The van der Waals surface area contributed by atoms with Gasteiger partial charge in [-0.2, -0.15) is 10.2 Å². The molecule has 0 aliphatic carbocycles. The number of likely N-dealkylation sites (tertiary alicyclic amines) is 1. The number of aryl methyl sites for hydroxylation is 1. The molecule has 0 unspecified atom stereocenters. The minimum absolute atomic E-state index is 0.0953. The van der Waals surface area contributed by atoms with Crippen molar-refractivity contribution in [1.82, 2.24) is 29.4 Å². The third-order valence-corrected chi connectivity index (χ3v) is 4.99. The van der Waals surface area contributed by atoms with Gasteiger partial charge in [0, 0.05) is 43.5 Å². The molecular formula is C19H22N6O. The summed E-state index contributed by atoms with van der Waals surface area (Å²) in [5.41, 5.74) is 2.21. The Balaban J connectivity index is 1.35. The molecule has 3 heterocycles. The maximum Gasteiger partial charge on any atom is 0.244 e. The van der Waals surface area contributed by atoms with Crippen LogP contribution < -0.4 is 0 Å².